The van der Waals surface area contributed by atoms with Gasteiger partial charge in [-0.2, -0.15) is 52.7 Å². The molecule has 16 heteroatoms. The summed E-state index contributed by atoms with van der Waals surface area (Å²) in [6.07, 6.45) is -26.0. The van der Waals surface area contributed by atoms with Gasteiger partial charge in [-0.25, -0.2) is 0 Å². The molecule has 2 N–H and O–H groups in total. The molecule has 0 heterocycles. The van der Waals surface area contributed by atoms with E-state index in [1.54, 1.807) is 45.2 Å². The summed E-state index contributed by atoms with van der Waals surface area (Å²) in [4.78, 5) is 0. The fourth-order valence-electron chi connectivity index (χ4n) is 3.96. The maximum Gasteiger partial charge on any atom is 0.416 e. The highest BCUT2D eigenvalue weighted by Crippen LogP contribution is 2.53. The van der Waals surface area contributed by atoms with Gasteiger partial charge < -0.3 is 10.2 Å². The molecule has 2 atom stereocenters. The monoisotopic (exact) mass is 808 g/mol. The minimum absolute atomic E-state index is 0.0402. The molecule has 0 fully saturated rings. The first-order valence-corrected chi connectivity index (χ1v) is 13.6. The Morgan fingerprint density at radius 1 is 0.538 bits per heavy atom. The fraction of sp³-hybridized carbons (Fsp3) is 0.478. The highest BCUT2D eigenvalue weighted by molar-refractivity contribution is 14.1. The van der Waals surface area contributed by atoms with Gasteiger partial charge in [0.05, 0.1) is 34.5 Å². The van der Waals surface area contributed by atoms with Gasteiger partial charge in [-0.3, -0.25) is 0 Å². The van der Waals surface area contributed by atoms with Crippen molar-refractivity contribution in [1.82, 2.24) is 0 Å². The zero-order valence-corrected chi connectivity index (χ0v) is 23.6. The smallest absolute Gasteiger partial charge is 0.388 e. The Balaban J connectivity index is 2.87. The number of benzene rings is 2. The Bertz CT molecular complexity index is 1010. The number of halogens is 14. The van der Waals surface area contributed by atoms with Crippen molar-refractivity contribution in [2.45, 2.75) is 43.8 Å². The third-order valence-electron chi connectivity index (χ3n) is 6.28. The Labute approximate surface area is 241 Å². The molecule has 0 aliphatic heterocycles. The minimum atomic E-state index is -5.31. The maximum atomic E-state index is 13.4. The summed E-state index contributed by atoms with van der Waals surface area (Å²) in [5.41, 5.74) is -11.4. The van der Waals surface area contributed by atoms with Crippen LogP contribution in [-0.4, -0.2) is 19.1 Å². The largest absolute Gasteiger partial charge is 0.416 e. The molecule has 0 aromatic heterocycles. The van der Waals surface area contributed by atoms with E-state index in [1.807, 2.05) is 0 Å². The van der Waals surface area contributed by atoms with Crippen molar-refractivity contribution in [3.63, 3.8) is 0 Å². The van der Waals surface area contributed by atoms with Crippen LogP contribution >= 0.6 is 45.2 Å². The van der Waals surface area contributed by atoms with Crippen LogP contribution in [0.3, 0.4) is 0 Å². The second-order valence-electron chi connectivity index (χ2n) is 8.86. The number of aliphatic hydroxyl groups excluding tert-OH is 2. The number of hydrogen-bond acceptors (Lipinski definition) is 2. The first-order valence-electron chi connectivity index (χ1n) is 10.5. The summed E-state index contributed by atoms with van der Waals surface area (Å²) in [6.45, 7) is 0.978. The molecule has 39 heavy (non-hydrogen) atoms. The molecular weight excluding hydrogens is 790 g/mol. The van der Waals surface area contributed by atoms with Crippen LogP contribution in [-0.2, 0) is 24.7 Å². The molecule has 0 spiro atoms. The quantitative estimate of drug-likeness (QED) is 0.167. The van der Waals surface area contributed by atoms with Gasteiger partial charge in [-0.15, -0.1) is 0 Å². The number of rotatable bonds is 7. The number of hydrogen-bond donors (Lipinski definition) is 2. The zero-order chi connectivity index (χ0) is 30.4. The second kappa shape index (κ2) is 11.7. The van der Waals surface area contributed by atoms with Crippen LogP contribution in [0.2, 0.25) is 0 Å². The Morgan fingerprint density at radius 2 is 0.769 bits per heavy atom. The van der Waals surface area contributed by atoms with Gasteiger partial charge >= 0.3 is 24.7 Å². The molecule has 2 nitrogen and oxygen atoms in total. The van der Waals surface area contributed by atoms with Crippen molar-refractivity contribution < 1.29 is 62.9 Å². The Morgan fingerprint density at radius 3 is 0.949 bits per heavy atom. The predicted octanol–water partition coefficient (Wildman–Crippen LogP) is 9.02. The van der Waals surface area contributed by atoms with Crippen LogP contribution in [0.25, 0.3) is 0 Å². The Hall–Kier alpha value is -1.02. The van der Waals surface area contributed by atoms with E-state index in [2.05, 4.69) is 0 Å². The van der Waals surface area contributed by atoms with E-state index in [9.17, 15) is 62.9 Å². The van der Waals surface area contributed by atoms with Gasteiger partial charge in [0.2, 0.25) is 0 Å². The van der Waals surface area contributed by atoms with Gasteiger partial charge in [-0.05, 0) is 53.4 Å². The van der Waals surface area contributed by atoms with Gasteiger partial charge in [0.15, 0.2) is 0 Å². The third kappa shape index (κ3) is 7.64. The fourth-order valence-corrected chi connectivity index (χ4v) is 7.67. The molecule has 2 aromatic rings. The summed E-state index contributed by atoms with van der Waals surface area (Å²) < 4.78 is 161. The average Bonchev–Trinajstić information content (AvgIpc) is 2.80. The SMILES string of the molecule is CC(C(CI)CI)(C(O)c1cc(C(F)(F)F)cc(C(F)(F)F)c1)C(O)c1cc(C(F)(F)F)cc(C(F)(F)F)c1. The molecule has 0 bridgehead atoms. The molecular formula is C23H18F12I2O2. The van der Waals surface area contributed by atoms with Crippen molar-refractivity contribution in [3.05, 3.63) is 69.8 Å². The lowest BCUT2D eigenvalue weighted by Gasteiger charge is -2.44. The van der Waals surface area contributed by atoms with Gasteiger partial charge in [-0.1, -0.05) is 52.1 Å². The van der Waals surface area contributed by atoms with Gasteiger partial charge in [0, 0.05) is 14.3 Å². The normalized spacial score (nSPS) is 16.8. The van der Waals surface area contributed by atoms with Crippen LogP contribution in [0.5, 0.6) is 0 Å². The molecule has 0 saturated heterocycles. The second-order valence-corrected chi connectivity index (χ2v) is 10.6. The lowest BCUT2D eigenvalue weighted by atomic mass is 9.66. The summed E-state index contributed by atoms with van der Waals surface area (Å²) in [6, 6.07) is 0.345. The summed E-state index contributed by atoms with van der Waals surface area (Å²) in [5.74, 6) is -1.02. The highest BCUT2D eigenvalue weighted by atomic mass is 127. The zero-order valence-electron chi connectivity index (χ0n) is 19.3. The molecule has 2 aromatic carbocycles. The summed E-state index contributed by atoms with van der Waals surface area (Å²) in [5, 5.41) is 22.4. The van der Waals surface area contributed by atoms with E-state index in [4.69, 9.17) is 0 Å². The first-order chi connectivity index (χ1) is 17.5. The van der Waals surface area contributed by atoms with E-state index in [0.717, 1.165) is 6.92 Å². The van der Waals surface area contributed by atoms with Crippen LogP contribution in [0.15, 0.2) is 36.4 Å². The number of alkyl halides is 14. The molecule has 0 aliphatic carbocycles. The minimum Gasteiger partial charge on any atom is -0.388 e. The molecule has 2 rings (SSSR count). The summed E-state index contributed by atoms with van der Waals surface area (Å²) >= 11 is 3.42. The Kier molecular flexibility index (Phi) is 10.3. The summed E-state index contributed by atoms with van der Waals surface area (Å²) in [7, 11) is 0. The van der Waals surface area contributed by atoms with Crippen LogP contribution in [0, 0.1) is 11.3 Å². The van der Waals surface area contributed by atoms with Crippen molar-refractivity contribution in [2.24, 2.45) is 11.3 Å². The molecule has 0 amide bonds. The molecule has 0 aliphatic rings. The van der Waals surface area contributed by atoms with Crippen molar-refractivity contribution in [2.75, 3.05) is 8.86 Å². The van der Waals surface area contributed by atoms with Crippen molar-refractivity contribution in [3.8, 4) is 0 Å². The highest BCUT2D eigenvalue weighted by Gasteiger charge is 2.49. The molecule has 220 valence electrons. The van der Waals surface area contributed by atoms with E-state index in [-0.39, 0.29) is 45.3 Å². The van der Waals surface area contributed by atoms with Crippen molar-refractivity contribution >= 4 is 45.2 Å². The topological polar surface area (TPSA) is 40.5 Å². The molecule has 2 unspecified atom stereocenters. The lowest BCUT2D eigenvalue weighted by Crippen LogP contribution is -2.42. The van der Waals surface area contributed by atoms with E-state index >= 15 is 0 Å². The standard InChI is InChI=1S/C23H18F12I2O2/c1-19(16(8-36)9-37,17(38)10-2-12(20(24,25)26)6-13(3-10)21(27,28)29)18(39)11-4-14(22(30,31)32)7-15(5-11)23(33,34)35/h2-7,16-18,38-39H,8-9H2,1H3. The van der Waals surface area contributed by atoms with E-state index < -0.39 is 81.6 Å². The number of aliphatic hydroxyl groups is 2. The van der Waals surface area contributed by atoms with Gasteiger partial charge in [0.1, 0.15) is 0 Å². The van der Waals surface area contributed by atoms with Crippen LogP contribution in [0.1, 0.15) is 52.5 Å². The van der Waals surface area contributed by atoms with E-state index in [1.165, 1.54) is 0 Å². The van der Waals surface area contributed by atoms with E-state index in [0.29, 0.717) is 0 Å². The molecule has 0 radical (unpaired) electrons. The maximum absolute atomic E-state index is 13.4. The van der Waals surface area contributed by atoms with Crippen molar-refractivity contribution in [1.29, 1.82) is 0 Å². The lowest BCUT2D eigenvalue weighted by molar-refractivity contribution is -0.144. The van der Waals surface area contributed by atoms with Gasteiger partial charge in [0.25, 0.3) is 0 Å². The predicted molar refractivity (Wildman–Crippen MR) is 132 cm³/mol. The first kappa shape index (κ1) is 34.2. The third-order valence-corrected chi connectivity index (χ3v) is 8.41. The van der Waals surface area contributed by atoms with Crippen LogP contribution in [0.4, 0.5) is 52.7 Å². The average molecular weight is 808 g/mol. The molecule has 0 saturated carbocycles. The van der Waals surface area contributed by atoms with Crippen LogP contribution < -0.4 is 0 Å².